The third-order valence-corrected chi connectivity index (χ3v) is 2.28. The molecule has 0 atom stereocenters. The number of fused-ring (bicyclic) bond motifs is 1. The maximum atomic E-state index is 5.80. The zero-order valence-corrected chi connectivity index (χ0v) is 9.91. The van der Waals surface area contributed by atoms with Crippen molar-refractivity contribution in [3.05, 3.63) is 11.6 Å². The Morgan fingerprint density at radius 2 is 2.25 bits per heavy atom. The fourth-order valence-electron chi connectivity index (χ4n) is 1.33. The van der Waals surface area contributed by atoms with Gasteiger partial charge in [-0.1, -0.05) is 0 Å². The molecule has 0 saturated carbocycles. The van der Waals surface area contributed by atoms with Gasteiger partial charge < -0.3 is 15.2 Å². The summed E-state index contributed by atoms with van der Waals surface area (Å²) >= 11 is 5.80. The minimum Gasteiger partial charge on any atom is -0.367 e. The van der Waals surface area contributed by atoms with E-state index in [0.29, 0.717) is 11.5 Å². The maximum Gasteiger partial charge on any atom is 0.226 e. The lowest BCUT2D eigenvalue weighted by Gasteiger charge is -2.10. The Hall–Kier alpha value is -1.40. The lowest BCUT2D eigenvalue weighted by atomic mass is 10.4. The van der Waals surface area contributed by atoms with Crippen LogP contribution < -0.4 is 5.32 Å². The van der Waals surface area contributed by atoms with Gasteiger partial charge in [-0.3, -0.25) is 0 Å². The van der Waals surface area contributed by atoms with Crippen molar-refractivity contribution in [2.75, 3.05) is 32.5 Å². The fraction of sp³-hybridized carbons (Fsp3) is 0.444. The Kier molecular flexibility index (Phi) is 3.21. The first-order valence-corrected chi connectivity index (χ1v) is 5.30. The second-order valence-corrected chi connectivity index (χ2v) is 4.01. The fourth-order valence-corrected chi connectivity index (χ4v) is 1.50. The molecule has 0 saturated heterocycles. The summed E-state index contributed by atoms with van der Waals surface area (Å²) in [6.45, 7) is 1.70. The molecular weight excluding hydrogens is 228 g/mol. The van der Waals surface area contributed by atoms with Gasteiger partial charge in [0.1, 0.15) is 5.52 Å². The first-order valence-electron chi connectivity index (χ1n) is 4.92. The predicted octanol–water partition coefficient (Wildman–Crippen LogP) is 0.980. The van der Waals surface area contributed by atoms with E-state index in [0.717, 1.165) is 18.6 Å². The molecule has 16 heavy (non-hydrogen) atoms. The minimum absolute atomic E-state index is 0.201. The van der Waals surface area contributed by atoms with Crippen LogP contribution in [0.25, 0.3) is 11.2 Å². The number of aromatic amines is 1. The summed E-state index contributed by atoms with van der Waals surface area (Å²) in [5, 5.41) is 3.40. The average molecular weight is 241 g/mol. The summed E-state index contributed by atoms with van der Waals surface area (Å²) in [4.78, 5) is 17.2. The first kappa shape index (κ1) is 11.1. The van der Waals surface area contributed by atoms with Gasteiger partial charge in [0.05, 0.1) is 6.33 Å². The molecule has 0 radical (unpaired) electrons. The Bertz CT molecular complexity index is 480. The van der Waals surface area contributed by atoms with Crippen molar-refractivity contribution in [3.8, 4) is 0 Å². The minimum atomic E-state index is 0.201. The SMILES string of the molecule is CN(C)CCNc1nc(Cl)nc2nc[nH]c12. The van der Waals surface area contributed by atoms with Crippen LogP contribution in [0.15, 0.2) is 6.33 Å². The van der Waals surface area contributed by atoms with E-state index in [4.69, 9.17) is 11.6 Å². The molecule has 6 nitrogen and oxygen atoms in total. The molecule has 0 aliphatic rings. The highest BCUT2D eigenvalue weighted by atomic mass is 35.5. The Morgan fingerprint density at radius 1 is 1.44 bits per heavy atom. The first-order chi connectivity index (χ1) is 7.66. The van der Waals surface area contributed by atoms with Crippen molar-refractivity contribution in [1.82, 2.24) is 24.8 Å². The van der Waals surface area contributed by atoms with E-state index in [9.17, 15) is 0 Å². The van der Waals surface area contributed by atoms with Crippen LogP contribution in [-0.2, 0) is 0 Å². The second-order valence-electron chi connectivity index (χ2n) is 3.67. The van der Waals surface area contributed by atoms with Gasteiger partial charge in [0, 0.05) is 13.1 Å². The van der Waals surface area contributed by atoms with Crippen LogP contribution in [0.4, 0.5) is 5.82 Å². The molecule has 0 spiro atoms. The number of hydrogen-bond donors (Lipinski definition) is 2. The molecule has 2 rings (SSSR count). The number of aromatic nitrogens is 4. The lowest BCUT2D eigenvalue weighted by molar-refractivity contribution is 0.425. The van der Waals surface area contributed by atoms with Gasteiger partial charge in [0.25, 0.3) is 0 Å². The van der Waals surface area contributed by atoms with Crippen molar-refractivity contribution in [1.29, 1.82) is 0 Å². The number of rotatable bonds is 4. The van der Waals surface area contributed by atoms with Crippen molar-refractivity contribution < 1.29 is 0 Å². The van der Waals surface area contributed by atoms with Gasteiger partial charge in [-0.25, -0.2) is 4.98 Å². The smallest absolute Gasteiger partial charge is 0.226 e. The van der Waals surface area contributed by atoms with Crippen LogP contribution >= 0.6 is 11.6 Å². The topological polar surface area (TPSA) is 69.7 Å². The number of nitrogens with zero attached hydrogens (tertiary/aromatic N) is 4. The van der Waals surface area contributed by atoms with E-state index in [1.807, 2.05) is 14.1 Å². The molecule has 0 aliphatic carbocycles. The quantitative estimate of drug-likeness (QED) is 0.780. The van der Waals surface area contributed by atoms with Gasteiger partial charge in [0.15, 0.2) is 11.5 Å². The summed E-state index contributed by atoms with van der Waals surface area (Å²) in [6, 6.07) is 0. The van der Waals surface area contributed by atoms with E-state index >= 15 is 0 Å². The van der Waals surface area contributed by atoms with Crippen molar-refractivity contribution in [2.45, 2.75) is 0 Å². The number of hydrogen-bond acceptors (Lipinski definition) is 5. The number of H-pyrrole nitrogens is 1. The maximum absolute atomic E-state index is 5.80. The lowest BCUT2D eigenvalue weighted by Crippen LogP contribution is -2.21. The van der Waals surface area contributed by atoms with Crippen LogP contribution in [0.1, 0.15) is 0 Å². The number of imidazole rings is 1. The van der Waals surface area contributed by atoms with E-state index in [1.54, 1.807) is 6.33 Å². The standard InChI is InChI=1S/C9H13ClN6/c1-16(2)4-3-11-7-6-8(13-5-12-6)15-9(10)14-7/h5H,3-4H2,1-2H3,(H2,11,12,13,14,15). The molecular formula is C9H13ClN6. The highest BCUT2D eigenvalue weighted by Crippen LogP contribution is 2.17. The third-order valence-electron chi connectivity index (χ3n) is 2.11. The second kappa shape index (κ2) is 4.63. The zero-order chi connectivity index (χ0) is 11.5. The van der Waals surface area contributed by atoms with Gasteiger partial charge in [-0.15, -0.1) is 0 Å². The molecule has 7 heteroatoms. The number of nitrogens with one attached hydrogen (secondary N) is 2. The highest BCUT2D eigenvalue weighted by molar-refractivity contribution is 6.28. The molecule has 2 heterocycles. The average Bonchev–Trinajstić information content (AvgIpc) is 2.64. The van der Waals surface area contributed by atoms with Gasteiger partial charge >= 0.3 is 0 Å². The van der Waals surface area contributed by atoms with Crippen LogP contribution in [0.2, 0.25) is 5.28 Å². The van der Waals surface area contributed by atoms with Gasteiger partial charge in [-0.05, 0) is 25.7 Å². The van der Waals surface area contributed by atoms with Crippen molar-refractivity contribution >= 4 is 28.6 Å². The molecule has 0 aliphatic heterocycles. The normalized spacial score (nSPS) is 11.2. The van der Waals surface area contributed by atoms with E-state index < -0.39 is 0 Å². The third kappa shape index (κ3) is 2.40. The Morgan fingerprint density at radius 3 is 3.00 bits per heavy atom. The highest BCUT2D eigenvalue weighted by Gasteiger charge is 2.07. The molecule has 0 aromatic carbocycles. The Labute approximate surface area is 98.1 Å². The summed E-state index contributed by atoms with van der Waals surface area (Å²) < 4.78 is 0. The molecule has 0 unspecified atom stereocenters. The van der Waals surface area contributed by atoms with E-state index in [2.05, 4.69) is 30.2 Å². The van der Waals surface area contributed by atoms with Crippen LogP contribution in [0, 0.1) is 0 Å². The summed E-state index contributed by atoms with van der Waals surface area (Å²) in [7, 11) is 4.03. The van der Waals surface area contributed by atoms with E-state index in [1.165, 1.54) is 0 Å². The largest absolute Gasteiger partial charge is 0.367 e. The van der Waals surface area contributed by atoms with E-state index in [-0.39, 0.29) is 5.28 Å². The molecule has 2 N–H and O–H groups in total. The van der Waals surface area contributed by atoms with Crippen LogP contribution in [-0.4, -0.2) is 52.0 Å². The Balaban J connectivity index is 2.19. The molecule has 2 aromatic heterocycles. The van der Waals surface area contributed by atoms with Crippen molar-refractivity contribution in [3.63, 3.8) is 0 Å². The summed E-state index contributed by atoms with van der Waals surface area (Å²) in [5.41, 5.74) is 1.36. The molecule has 0 amide bonds. The molecule has 86 valence electrons. The molecule has 0 bridgehead atoms. The van der Waals surface area contributed by atoms with Crippen LogP contribution in [0.5, 0.6) is 0 Å². The zero-order valence-electron chi connectivity index (χ0n) is 9.16. The van der Waals surface area contributed by atoms with Crippen molar-refractivity contribution in [2.24, 2.45) is 0 Å². The number of anilines is 1. The van der Waals surface area contributed by atoms with Gasteiger partial charge in [-0.2, -0.15) is 9.97 Å². The molecule has 0 fully saturated rings. The summed E-state index contributed by atoms with van der Waals surface area (Å²) in [6.07, 6.45) is 1.58. The monoisotopic (exact) mass is 240 g/mol. The van der Waals surface area contributed by atoms with Crippen LogP contribution in [0.3, 0.4) is 0 Å². The molecule has 2 aromatic rings. The van der Waals surface area contributed by atoms with Gasteiger partial charge in [0.2, 0.25) is 5.28 Å². The number of halogens is 1. The predicted molar refractivity (Wildman–Crippen MR) is 63.7 cm³/mol. The number of likely N-dealkylation sites (N-methyl/N-ethyl adjacent to an activating group) is 1. The summed E-state index contributed by atoms with van der Waals surface area (Å²) in [5.74, 6) is 0.689.